The molecule has 1 amide bonds. The first kappa shape index (κ1) is 16.2. The highest BCUT2D eigenvalue weighted by Gasteiger charge is 2.50. The summed E-state index contributed by atoms with van der Waals surface area (Å²) in [4.78, 5) is 12.7. The lowest BCUT2D eigenvalue weighted by molar-refractivity contribution is -0.132. The topological polar surface area (TPSA) is 53.2 Å². The Kier molecular flexibility index (Phi) is 5.22. The van der Waals surface area contributed by atoms with E-state index in [1.54, 1.807) is 7.05 Å². The van der Waals surface area contributed by atoms with Crippen LogP contribution in [0.25, 0.3) is 0 Å². The number of thiocarbonyl (C=S) groups is 1. The fourth-order valence-electron chi connectivity index (χ4n) is 2.85. The molecule has 1 saturated carbocycles. The van der Waals surface area contributed by atoms with Crippen LogP contribution in [0.3, 0.4) is 0 Å². The molecular weight excluding hydrogens is 350 g/mol. The molecule has 0 radical (unpaired) electrons. The number of hydrogen-bond donors (Lipinski definition) is 3. The van der Waals surface area contributed by atoms with Gasteiger partial charge in [0.2, 0.25) is 5.91 Å². The molecule has 21 heavy (non-hydrogen) atoms. The highest BCUT2D eigenvalue weighted by molar-refractivity contribution is 9.10. The molecule has 0 aromatic heterocycles. The van der Waals surface area contributed by atoms with Gasteiger partial charge in [-0.25, -0.2) is 0 Å². The summed E-state index contributed by atoms with van der Waals surface area (Å²) in [5, 5.41) is 3.18. The van der Waals surface area contributed by atoms with E-state index in [9.17, 15) is 4.79 Å². The zero-order valence-electron chi connectivity index (χ0n) is 12.2. The second-order valence-electron chi connectivity index (χ2n) is 5.43. The van der Waals surface area contributed by atoms with Crippen LogP contribution in [0.2, 0.25) is 0 Å². The average molecular weight is 370 g/mol. The summed E-state index contributed by atoms with van der Waals surface area (Å²) in [5.74, 6) is 0.578. The fraction of sp³-hybridized carbons (Fsp3) is 0.467. The summed E-state index contributed by atoms with van der Waals surface area (Å²) in [5.41, 5.74) is 6.06. The van der Waals surface area contributed by atoms with Gasteiger partial charge in [0.1, 0.15) is 0 Å². The van der Waals surface area contributed by atoms with Crippen LogP contribution in [0.4, 0.5) is 0 Å². The van der Waals surface area contributed by atoms with Crippen LogP contribution in [0.5, 0.6) is 0 Å². The van der Waals surface area contributed by atoms with E-state index in [4.69, 9.17) is 12.2 Å². The third kappa shape index (κ3) is 3.37. The summed E-state index contributed by atoms with van der Waals surface area (Å²) in [7, 11) is 1.71. The van der Waals surface area contributed by atoms with E-state index in [0.29, 0.717) is 11.0 Å². The van der Waals surface area contributed by atoms with Crippen molar-refractivity contribution in [2.45, 2.75) is 31.6 Å². The van der Waals surface area contributed by atoms with Gasteiger partial charge in [0.15, 0.2) is 5.11 Å². The largest absolute Gasteiger partial charge is 0.364 e. The van der Waals surface area contributed by atoms with Gasteiger partial charge in [0, 0.05) is 11.5 Å². The molecule has 2 rings (SSSR count). The average Bonchev–Trinajstić information content (AvgIpc) is 2.44. The molecule has 0 unspecified atom stereocenters. The zero-order chi connectivity index (χ0) is 15.5. The van der Waals surface area contributed by atoms with E-state index < -0.39 is 5.41 Å². The van der Waals surface area contributed by atoms with Gasteiger partial charge in [-0.1, -0.05) is 41.4 Å². The Hall–Kier alpha value is -1.14. The molecule has 1 aromatic carbocycles. The quantitative estimate of drug-likeness (QED) is 0.566. The van der Waals surface area contributed by atoms with Crippen molar-refractivity contribution in [3.8, 4) is 0 Å². The van der Waals surface area contributed by atoms with Gasteiger partial charge < -0.3 is 5.32 Å². The van der Waals surface area contributed by atoms with E-state index in [2.05, 4.69) is 39.0 Å². The number of halogens is 1. The number of amides is 1. The number of rotatable bonds is 3. The van der Waals surface area contributed by atoms with Gasteiger partial charge in [0.25, 0.3) is 0 Å². The van der Waals surface area contributed by atoms with Crippen LogP contribution in [0, 0.1) is 5.92 Å². The molecule has 3 N–H and O–H groups in total. The molecule has 0 heterocycles. The molecule has 0 atom stereocenters. The summed E-state index contributed by atoms with van der Waals surface area (Å²) in [6, 6.07) is 7.99. The Morgan fingerprint density at radius 1 is 1.43 bits per heavy atom. The highest BCUT2D eigenvalue weighted by atomic mass is 79.9. The molecule has 1 aromatic rings. The summed E-state index contributed by atoms with van der Waals surface area (Å²) in [6.07, 6.45) is 2.85. The molecule has 1 aliphatic rings. The number of hydrazine groups is 1. The molecule has 0 bridgehead atoms. The van der Waals surface area contributed by atoms with Crippen molar-refractivity contribution in [2.75, 3.05) is 7.05 Å². The van der Waals surface area contributed by atoms with Crippen molar-refractivity contribution in [1.29, 1.82) is 0 Å². The predicted octanol–water partition coefficient (Wildman–Crippen LogP) is 2.63. The van der Waals surface area contributed by atoms with Gasteiger partial charge >= 0.3 is 0 Å². The summed E-state index contributed by atoms with van der Waals surface area (Å²) in [6.45, 7) is 2.17. The Bertz CT molecular complexity index is 543. The van der Waals surface area contributed by atoms with E-state index in [-0.39, 0.29) is 5.91 Å². The summed E-state index contributed by atoms with van der Waals surface area (Å²) < 4.78 is 0.992. The molecule has 114 valence electrons. The van der Waals surface area contributed by atoms with Crippen molar-refractivity contribution in [1.82, 2.24) is 16.2 Å². The standard InChI is InChI=1S/C15H20BrN3OS/c1-3-10-8-15(9-10,11-5-4-6-12(16)7-11)13(20)18-19-14(21)17-2/h4-7,10H,3,8-9H2,1-2H3,(H,18,20)(H2,17,19,21). The Morgan fingerprint density at radius 3 is 2.71 bits per heavy atom. The van der Waals surface area contributed by atoms with Gasteiger partial charge in [-0.05, 0) is 48.7 Å². The lowest BCUT2D eigenvalue weighted by Crippen LogP contribution is -2.58. The number of carbonyl (C=O) groups is 1. The first-order chi connectivity index (χ1) is 10.0. The zero-order valence-corrected chi connectivity index (χ0v) is 14.6. The second-order valence-corrected chi connectivity index (χ2v) is 6.76. The van der Waals surface area contributed by atoms with Gasteiger partial charge in [0.05, 0.1) is 5.41 Å². The molecule has 1 aliphatic carbocycles. The molecule has 4 nitrogen and oxygen atoms in total. The van der Waals surface area contributed by atoms with Crippen LogP contribution < -0.4 is 16.2 Å². The van der Waals surface area contributed by atoms with E-state index in [0.717, 1.165) is 29.3 Å². The van der Waals surface area contributed by atoms with Gasteiger partial charge in [-0.15, -0.1) is 0 Å². The second kappa shape index (κ2) is 6.75. The third-order valence-electron chi connectivity index (χ3n) is 4.18. The van der Waals surface area contributed by atoms with Crippen molar-refractivity contribution in [3.05, 3.63) is 34.3 Å². The number of hydrogen-bond acceptors (Lipinski definition) is 2. The molecule has 0 saturated heterocycles. The predicted molar refractivity (Wildman–Crippen MR) is 91.8 cm³/mol. The van der Waals surface area contributed by atoms with Crippen LogP contribution in [-0.2, 0) is 10.2 Å². The number of carbonyl (C=O) groups excluding carboxylic acids is 1. The van der Waals surface area contributed by atoms with Crippen LogP contribution in [-0.4, -0.2) is 18.1 Å². The fourth-order valence-corrected chi connectivity index (χ4v) is 3.30. The van der Waals surface area contributed by atoms with Crippen LogP contribution in [0.15, 0.2) is 28.7 Å². The van der Waals surface area contributed by atoms with Crippen molar-refractivity contribution < 1.29 is 4.79 Å². The van der Waals surface area contributed by atoms with Crippen molar-refractivity contribution >= 4 is 39.2 Å². The van der Waals surface area contributed by atoms with Crippen LogP contribution >= 0.6 is 28.1 Å². The Labute approximate surface area is 139 Å². The minimum atomic E-state index is -0.458. The normalized spacial score (nSPS) is 23.9. The first-order valence-corrected chi connectivity index (χ1v) is 8.26. The maximum Gasteiger partial charge on any atom is 0.249 e. The lowest BCUT2D eigenvalue weighted by atomic mass is 9.57. The van der Waals surface area contributed by atoms with Crippen molar-refractivity contribution in [3.63, 3.8) is 0 Å². The minimum Gasteiger partial charge on any atom is -0.364 e. The number of benzene rings is 1. The maximum atomic E-state index is 12.7. The highest BCUT2D eigenvalue weighted by Crippen LogP contribution is 2.49. The number of nitrogens with one attached hydrogen (secondary N) is 3. The Balaban J connectivity index is 2.18. The first-order valence-electron chi connectivity index (χ1n) is 7.06. The van der Waals surface area contributed by atoms with Crippen molar-refractivity contribution in [2.24, 2.45) is 5.92 Å². The monoisotopic (exact) mass is 369 g/mol. The molecular formula is C15H20BrN3OS. The van der Waals surface area contributed by atoms with Gasteiger partial charge in [-0.2, -0.15) is 0 Å². The summed E-state index contributed by atoms with van der Waals surface area (Å²) >= 11 is 8.47. The maximum absolute atomic E-state index is 12.7. The molecule has 6 heteroatoms. The van der Waals surface area contributed by atoms with E-state index >= 15 is 0 Å². The lowest BCUT2D eigenvalue weighted by Gasteiger charge is -2.46. The smallest absolute Gasteiger partial charge is 0.249 e. The van der Waals surface area contributed by atoms with E-state index in [1.165, 1.54) is 0 Å². The Morgan fingerprint density at radius 2 is 2.14 bits per heavy atom. The molecule has 0 spiro atoms. The van der Waals surface area contributed by atoms with Crippen LogP contribution in [0.1, 0.15) is 31.7 Å². The van der Waals surface area contributed by atoms with Gasteiger partial charge in [-0.3, -0.25) is 15.6 Å². The SMILES string of the molecule is CCC1CC(C(=O)NNC(=S)NC)(c2cccc(Br)c2)C1. The third-order valence-corrected chi connectivity index (χ3v) is 4.98. The molecule has 0 aliphatic heterocycles. The molecule has 1 fully saturated rings. The minimum absolute atomic E-state index is 0.0251. The van der Waals surface area contributed by atoms with E-state index in [1.807, 2.05) is 24.3 Å².